The zero-order valence-electron chi connectivity index (χ0n) is 16.8. The molecule has 1 atom stereocenters. The highest BCUT2D eigenvalue weighted by Crippen LogP contribution is 2.26. The first-order valence-corrected chi connectivity index (χ1v) is 9.74. The zero-order chi connectivity index (χ0) is 19.2. The number of hydrogen-bond donors (Lipinski definition) is 0. The van der Waals surface area contributed by atoms with Crippen molar-refractivity contribution in [3.05, 3.63) is 31.5 Å². The first-order valence-electron chi connectivity index (χ1n) is 9.74. The van der Waals surface area contributed by atoms with Crippen LogP contribution in [0.25, 0.3) is 0 Å². The Hall–Kier alpha value is -1.59. The Bertz CT molecular complexity index is 727. The van der Waals surface area contributed by atoms with Crippen molar-refractivity contribution >= 4 is 0 Å². The van der Waals surface area contributed by atoms with Gasteiger partial charge in [0.15, 0.2) is 0 Å². The van der Waals surface area contributed by atoms with E-state index < -0.39 is 22.6 Å². The average Bonchev–Trinajstić information content (AvgIpc) is 2.52. The maximum Gasteiger partial charge on any atom is 0.337 e. The predicted octanol–water partition coefficient (Wildman–Crippen LogP) is 3.26. The number of rotatable bonds is 10. The van der Waals surface area contributed by atoms with Gasteiger partial charge in [-0.2, -0.15) is 0 Å². The number of hydrogen-bond acceptors (Lipinski definition) is 3. The van der Waals surface area contributed by atoms with E-state index in [0.29, 0.717) is 6.54 Å². The van der Waals surface area contributed by atoms with Crippen LogP contribution in [-0.2, 0) is 12.1 Å². The lowest BCUT2D eigenvalue weighted by Gasteiger charge is -2.32. The van der Waals surface area contributed by atoms with Crippen molar-refractivity contribution in [1.82, 2.24) is 13.7 Å². The van der Waals surface area contributed by atoms with Gasteiger partial charge in [-0.1, -0.05) is 46.5 Å². The molecule has 1 rings (SSSR count). The van der Waals surface area contributed by atoms with Gasteiger partial charge in [0.2, 0.25) is 0 Å². The summed E-state index contributed by atoms with van der Waals surface area (Å²) >= 11 is 0. The van der Waals surface area contributed by atoms with Gasteiger partial charge < -0.3 is 0 Å². The predicted molar refractivity (Wildman–Crippen MR) is 103 cm³/mol. The molecule has 0 saturated heterocycles. The highest BCUT2D eigenvalue weighted by atomic mass is 16.2. The third kappa shape index (κ3) is 4.53. The molecule has 6 heteroatoms. The summed E-state index contributed by atoms with van der Waals surface area (Å²) in [6.07, 6.45) is 5.95. The van der Waals surface area contributed by atoms with Gasteiger partial charge in [0.1, 0.15) is 0 Å². The quantitative estimate of drug-likeness (QED) is 0.648. The highest BCUT2D eigenvalue weighted by molar-refractivity contribution is 4.90. The van der Waals surface area contributed by atoms with Crippen molar-refractivity contribution in [2.75, 3.05) is 0 Å². The second-order valence-electron chi connectivity index (χ2n) is 7.50. The van der Waals surface area contributed by atoms with E-state index in [1.165, 1.54) is 13.7 Å². The molecule has 6 nitrogen and oxygen atoms in total. The van der Waals surface area contributed by atoms with Crippen LogP contribution in [0.4, 0.5) is 0 Å². The minimum absolute atomic E-state index is 0.281. The Morgan fingerprint density at radius 2 is 1.44 bits per heavy atom. The van der Waals surface area contributed by atoms with Crippen molar-refractivity contribution in [3.63, 3.8) is 0 Å². The molecule has 144 valence electrons. The second kappa shape index (κ2) is 9.20. The summed E-state index contributed by atoms with van der Waals surface area (Å²) in [5, 5.41) is 0. The number of aromatic nitrogens is 3. The molecule has 0 N–H and O–H groups in total. The lowest BCUT2D eigenvalue weighted by atomic mass is 9.89. The van der Waals surface area contributed by atoms with Crippen molar-refractivity contribution < 1.29 is 0 Å². The molecule has 1 heterocycles. The van der Waals surface area contributed by atoms with Crippen molar-refractivity contribution in [1.29, 1.82) is 0 Å². The number of unbranched alkanes of at least 4 members (excludes halogenated alkanes) is 2. The normalized spacial score (nSPS) is 14.0. The Kier molecular flexibility index (Phi) is 7.90. The third-order valence-electron chi connectivity index (χ3n) is 4.91. The van der Waals surface area contributed by atoms with E-state index in [1.807, 2.05) is 27.7 Å². The third-order valence-corrected chi connectivity index (χ3v) is 4.91. The fraction of sp³-hybridized carbons (Fsp3) is 0.842. The molecule has 0 aliphatic heterocycles. The molecule has 0 aliphatic rings. The summed E-state index contributed by atoms with van der Waals surface area (Å²) in [6, 6.07) is -0.281. The van der Waals surface area contributed by atoms with Gasteiger partial charge in [-0.25, -0.2) is 28.1 Å². The fourth-order valence-corrected chi connectivity index (χ4v) is 3.46. The minimum Gasteiger partial charge on any atom is -0.247 e. The monoisotopic (exact) mass is 353 g/mol. The van der Waals surface area contributed by atoms with Gasteiger partial charge in [0.05, 0.1) is 5.54 Å². The van der Waals surface area contributed by atoms with Crippen LogP contribution in [0.5, 0.6) is 0 Å². The van der Waals surface area contributed by atoms with Crippen LogP contribution in [0.3, 0.4) is 0 Å². The van der Waals surface area contributed by atoms with E-state index in [1.54, 1.807) is 0 Å². The largest absolute Gasteiger partial charge is 0.337 e. The smallest absolute Gasteiger partial charge is 0.247 e. The van der Waals surface area contributed by atoms with Crippen LogP contribution in [0.15, 0.2) is 14.4 Å². The molecule has 0 amide bonds. The first-order chi connectivity index (χ1) is 11.7. The SMILES string of the molecule is CCCCn1c(=O)n(C(C)C)c(=O)n(C(C)(CCC)CCCC)c1=O. The molecule has 0 aromatic carbocycles. The maximum absolute atomic E-state index is 13.1. The highest BCUT2D eigenvalue weighted by Gasteiger charge is 2.31. The van der Waals surface area contributed by atoms with E-state index in [-0.39, 0.29) is 6.04 Å². The van der Waals surface area contributed by atoms with E-state index in [4.69, 9.17) is 0 Å². The molecule has 0 radical (unpaired) electrons. The van der Waals surface area contributed by atoms with Crippen molar-refractivity contribution in [3.8, 4) is 0 Å². The summed E-state index contributed by atoms with van der Waals surface area (Å²) in [4.78, 5) is 38.9. The van der Waals surface area contributed by atoms with Gasteiger partial charge in [-0.3, -0.25) is 0 Å². The van der Waals surface area contributed by atoms with Crippen LogP contribution in [0.2, 0.25) is 0 Å². The van der Waals surface area contributed by atoms with E-state index in [9.17, 15) is 14.4 Å². The Labute approximate surface area is 150 Å². The molecule has 1 aromatic heterocycles. The molecule has 0 spiro atoms. The van der Waals surface area contributed by atoms with Gasteiger partial charge in [0, 0.05) is 12.6 Å². The standard InChI is InChI=1S/C19H35N3O3/c1-7-10-13-19(6,12-9-3)22-17(24)20(14-11-8-2)16(23)21(15(4)5)18(22)25/h15H,7-14H2,1-6H3. The molecule has 0 aliphatic carbocycles. The zero-order valence-corrected chi connectivity index (χ0v) is 16.8. The number of nitrogens with zero attached hydrogens (tertiary/aromatic N) is 3. The lowest BCUT2D eigenvalue weighted by Crippen LogP contribution is -2.60. The lowest BCUT2D eigenvalue weighted by molar-refractivity contribution is 0.219. The minimum atomic E-state index is -0.558. The second-order valence-corrected chi connectivity index (χ2v) is 7.50. The molecule has 1 unspecified atom stereocenters. The van der Waals surface area contributed by atoms with E-state index >= 15 is 0 Å². The maximum atomic E-state index is 13.1. The summed E-state index contributed by atoms with van der Waals surface area (Å²) < 4.78 is 3.85. The molecule has 0 bridgehead atoms. The van der Waals surface area contributed by atoms with Gasteiger partial charge in [-0.05, 0) is 40.0 Å². The van der Waals surface area contributed by atoms with Crippen LogP contribution >= 0.6 is 0 Å². The van der Waals surface area contributed by atoms with Crippen LogP contribution in [0.1, 0.15) is 92.5 Å². The van der Waals surface area contributed by atoms with Crippen molar-refractivity contribution in [2.45, 2.75) is 105 Å². The average molecular weight is 354 g/mol. The Morgan fingerprint density at radius 3 is 1.92 bits per heavy atom. The molecule has 0 fully saturated rings. The van der Waals surface area contributed by atoms with Crippen LogP contribution in [-0.4, -0.2) is 13.7 Å². The van der Waals surface area contributed by atoms with Crippen LogP contribution in [0, 0.1) is 0 Å². The summed E-state index contributed by atoms with van der Waals surface area (Å²) in [6.45, 7) is 12.1. The van der Waals surface area contributed by atoms with Gasteiger partial charge in [0.25, 0.3) is 0 Å². The van der Waals surface area contributed by atoms with Gasteiger partial charge >= 0.3 is 17.1 Å². The summed E-state index contributed by atoms with van der Waals surface area (Å²) in [7, 11) is 0. The van der Waals surface area contributed by atoms with E-state index in [0.717, 1.165) is 44.9 Å². The van der Waals surface area contributed by atoms with Gasteiger partial charge in [-0.15, -0.1) is 0 Å². The van der Waals surface area contributed by atoms with Crippen molar-refractivity contribution in [2.24, 2.45) is 0 Å². The molecular formula is C19H35N3O3. The van der Waals surface area contributed by atoms with Crippen LogP contribution < -0.4 is 17.1 Å². The van der Waals surface area contributed by atoms with E-state index in [2.05, 4.69) is 13.8 Å². The molecule has 0 saturated carbocycles. The summed E-state index contributed by atoms with van der Waals surface area (Å²) in [5.41, 5.74) is -1.96. The summed E-state index contributed by atoms with van der Waals surface area (Å²) in [5.74, 6) is 0. The fourth-order valence-electron chi connectivity index (χ4n) is 3.46. The first kappa shape index (κ1) is 21.5. The Morgan fingerprint density at radius 1 is 0.840 bits per heavy atom. The molecule has 25 heavy (non-hydrogen) atoms. The topological polar surface area (TPSA) is 66.0 Å². The Balaban J connectivity index is 3.78. The molecular weight excluding hydrogens is 318 g/mol. The molecule has 1 aromatic rings.